The molecule has 0 radical (unpaired) electrons. The third kappa shape index (κ3) is 14.6. The highest BCUT2D eigenvalue weighted by atomic mass is 16.6. The molecule has 6 heteroatoms. The van der Waals surface area contributed by atoms with Crippen LogP contribution in [0.4, 0.5) is 0 Å². The lowest BCUT2D eigenvalue weighted by Crippen LogP contribution is -2.31. The molecule has 0 bridgehead atoms. The van der Waals surface area contributed by atoms with Crippen LogP contribution in [0.3, 0.4) is 0 Å². The van der Waals surface area contributed by atoms with Gasteiger partial charge in [-0.15, -0.1) is 0 Å². The third-order valence-corrected chi connectivity index (χ3v) is 9.60. The quantitative estimate of drug-likeness (QED) is 0.0651. The van der Waals surface area contributed by atoms with E-state index in [4.69, 9.17) is 14.2 Å². The molecule has 3 heterocycles. The van der Waals surface area contributed by atoms with Gasteiger partial charge in [0, 0.05) is 12.0 Å². The summed E-state index contributed by atoms with van der Waals surface area (Å²) in [5.74, 6) is -0.284. The van der Waals surface area contributed by atoms with E-state index in [0.29, 0.717) is 24.5 Å². The molecule has 0 spiro atoms. The lowest BCUT2D eigenvalue weighted by molar-refractivity contribution is -0.139. The second-order valence-corrected chi connectivity index (χ2v) is 13.5. The van der Waals surface area contributed by atoms with Crippen LogP contribution in [0.1, 0.15) is 162 Å². The molecular formula is C37H64O6. The number of hydrogen-bond donors (Lipinski definition) is 2. The maximum Gasteiger partial charge on any atom is 0.334 e. The van der Waals surface area contributed by atoms with Crippen molar-refractivity contribution in [2.24, 2.45) is 0 Å². The molecule has 0 aliphatic carbocycles. The molecule has 2 saturated heterocycles. The van der Waals surface area contributed by atoms with Crippen LogP contribution in [0.15, 0.2) is 23.8 Å². The summed E-state index contributed by atoms with van der Waals surface area (Å²) in [4.78, 5) is 11.7. The third-order valence-electron chi connectivity index (χ3n) is 9.60. The van der Waals surface area contributed by atoms with Crippen molar-refractivity contribution in [2.45, 2.75) is 204 Å². The van der Waals surface area contributed by atoms with Gasteiger partial charge in [0.1, 0.15) is 6.10 Å². The average molecular weight is 605 g/mol. The van der Waals surface area contributed by atoms with Gasteiger partial charge in [-0.25, -0.2) is 4.79 Å². The highest BCUT2D eigenvalue weighted by molar-refractivity contribution is 5.90. The first-order valence-electron chi connectivity index (χ1n) is 18.2. The Hall–Kier alpha value is -1.21. The van der Waals surface area contributed by atoms with Crippen molar-refractivity contribution < 1.29 is 29.2 Å². The number of cyclic esters (lactones) is 1. The number of ether oxygens (including phenoxy) is 3. The molecule has 3 aliphatic heterocycles. The molecule has 2 fully saturated rings. The normalized spacial score (nSPS) is 27.2. The fraction of sp³-hybridized carbons (Fsp3) is 0.865. The molecule has 43 heavy (non-hydrogen) atoms. The van der Waals surface area contributed by atoms with Crippen LogP contribution in [-0.2, 0) is 19.0 Å². The SMILES string of the molecule is CCCCCCCCCCCC/C=C\CC[C@H](O)[C@@H]1CC[C@@H]([C@@H]2CC[C@H](CCCCC[C@@H](O)CC3=C[C@H](C)OC3=O)O2)O1. The van der Waals surface area contributed by atoms with Crippen LogP contribution < -0.4 is 0 Å². The molecule has 6 nitrogen and oxygen atoms in total. The number of carbonyl (C=O) groups excluding carboxylic acids is 1. The van der Waals surface area contributed by atoms with Crippen LogP contribution in [0.25, 0.3) is 0 Å². The molecule has 3 aliphatic rings. The van der Waals surface area contributed by atoms with Crippen molar-refractivity contribution in [1.29, 1.82) is 0 Å². The number of allylic oxidation sites excluding steroid dienone is 2. The second kappa shape index (κ2) is 21.5. The molecule has 2 N–H and O–H groups in total. The van der Waals surface area contributed by atoms with E-state index >= 15 is 0 Å². The summed E-state index contributed by atoms with van der Waals surface area (Å²) in [5, 5.41) is 21.0. The molecule has 248 valence electrons. The second-order valence-electron chi connectivity index (χ2n) is 13.5. The summed E-state index contributed by atoms with van der Waals surface area (Å²) in [7, 11) is 0. The van der Waals surface area contributed by atoms with Gasteiger partial charge in [0.15, 0.2) is 0 Å². The van der Waals surface area contributed by atoms with E-state index < -0.39 is 12.2 Å². The van der Waals surface area contributed by atoms with Crippen LogP contribution in [0.5, 0.6) is 0 Å². The van der Waals surface area contributed by atoms with Gasteiger partial charge in [0.2, 0.25) is 0 Å². The summed E-state index contributed by atoms with van der Waals surface area (Å²) < 4.78 is 17.8. The molecule has 0 aromatic heterocycles. The Balaban J connectivity index is 1.14. The van der Waals surface area contributed by atoms with Crippen molar-refractivity contribution in [3.8, 4) is 0 Å². The minimum atomic E-state index is -0.482. The molecule has 7 atom stereocenters. The van der Waals surface area contributed by atoms with Crippen LogP contribution in [-0.4, -0.2) is 58.9 Å². The average Bonchev–Trinajstić information content (AvgIpc) is 3.73. The molecule has 0 unspecified atom stereocenters. The van der Waals surface area contributed by atoms with Crippen molar-refractivity contribution in [2.75, 3.05) is 0 Å². The number of unbranched alkanes of at least 4 members (excludes halogenated alkanes) is 12. The fourth-order valence-electron chi connectivity index (χ4n) is 6.97. The van der Waals surface area contributed by atoms with E-state index in [2.05, 4.69) is 19.1 Å². The van der Waals surface area contributed by atoms with Gasteiger partial charge >= 0.3 is 5.97 Å². The highest BCUT2D eigenvalue weighted by Gasteiger charge is 2.39. The van der Waals surface area contributed by atoms with Gasteiger partial charge < -0.3 is 24.4 Å². The standard InChI is InChI=1S/C37H64O6/c1-3-4-5-6-7-8-9-10-11-12-13-14-15-19-22-33(39)34-25-26-36(43-34)35-24-23-32(42-35)21-18-16-17-20-31(38)28-30-27-29(2)41-37(30)40/h14-15,27,29,31-36,38-39H,3-13,16-26,28H2,1-2H3/b15-14-/t29-,31+,32-,33-,34-,35-,36-/m0/s1. The summed E-state index contributed by atoms with van der Waals surface area (Å²) in [6.45, 7) is 4.12. The van der Waals surface area contributed by atoms with E-state index in [1.54, 1.807) is 0 Å². The minimum absolute atomic E-state index is 0.0560. The zero-order valence-corrected chi connectivity index (χ0v) is 27.6. The van der Waals surface area contributed by atoms with Gasteiger partial charge in [0.05, 0.1) is 36.6 Å². The van der Waals surface area contributed by atoms with Crippen molar-refractivity contribution in [3.05, 3.63) is 23.8 Å². The van der Waals surface area contributed by atoms with Crippen LogP contribution in [0.2, 0.25) is 0 Å². The van der Waals surface area contributed by atoms with Crippen molar-refractivity contribution >= 4 is 5.97 Å². The molecule has 0 aromatic carbocycles. The zero-order chi connectivity index (χ0) is 30.7. The summed E-state index contributed by atoms with van der Waals surface area (Å²) in [6, 6.07) is 0. The topological polar surface area (TPSA) is 85.2 Å². The number of rotatable bonds is 24. The van der Waals surface area contributed by atoms with E-state index in [9.17, 15) is 15.0 Å². The first-order chi connectivity index (χ1) is 21.0. The zero-order valence-electron chi connectivity index (χ0n) is 27.6. The van der Waals surface area contributed by atoms with E-state index in [1.807, 2.05) is 13.0 Å². The molecular weight excluding hydrogens is 540 g/mol. The summed E-state index contributed by atoms with van der Waals surface area (Å²) in [6.07, 6.45) is 31.7. The van der Waals surface area contributed by atoms with E-state index in [0.717, 1.165) is 70.6 Å². The maximum absolute atomic E-state index is 11.7. The monoisotopic (exact) mass is 604 g/mol. The first-order valence-corrected chi connectivity index (χ1v) is 18.2. The fourth-order valence-corrected chi connectivity index (χ4v) is 6.97. The number of esters is 1. The molecule has 0 aromatic rings. The lowest BCUT2D eigenvalue weighted by atomic mass is 10.0. The van der Waals surface area contributed by atoms with Gasteiger partial charge in [0.25, 0.3) is 0 Å². The van der Waals surface area contributed by atoms with E-state index in [1.165, 1.54) is 64.2 Å². The largest absolute Gasteiger partial charge is 0.455 e. The Labute approximate surface area is 263 Å². The first kappa shape index (κ1) is 36.3. The molecule has 0 saturated carbocycles. The van der Waals surface area contributed by atoms with Gasteiger partial charge in [-0.2, -0.15) is 0 Å². The van der Waals surface area contributed by atoms with Gasteiger partial charge in [-0.05, 0) is 77.2 Å². The van der Waals surface area contributed by atoms with Gasteiger partial charge in [-0.3, -0.25) is 0 Å². The Morgan fingerprint density at radius 3 is 2.16 bits per heavy atom. The number of carbonyl (C=O) groups is 1. The maximum atomic E-state index is 11.7. The Morgan fingerprint density at radius 1 is 0.791 bits per heavy atom. The summed E-state index contributed by atoms with van der Waals surface area (Å²) >= 11 is 0. The smallest absolute Gasteiger partial charge is 0.334 e. The summed E-state index contributed by atoms with van der Waals surface area (Å²) in [5.41, 5.74) is 0.612. The predicted octanol–water partition coefficient (Wildman–Crippen LogP) is 8.66. The number of aliphatic hydroxyl groups is 2. The Morgan fingerprint density at radius 2 is 1.44 bits per heavy atom. The Bertz CT molecular complexity index is 809. The lowest BCUT2D eigenvalue weighted by Gasteiger charge is -2.22. The van der Waals surface area contributed by atoms with Crippen LogP contribution in [0, 0.1) is 0 Å². The Kier molecular flexibility index (Phi) is 18.1. The number of aliphatic hydroxyl groups excluding tert-OH is 2. The van der Waals surface area contributed by atoms with Crippen molar-refractivity contribution in [1.82, 2.24) is 0 Å². The minimum Gasteiger partial charge on any atom is -0.455 e. The molecule has 3 rings (SSSR count). The molecule has 0 amide bonds. The van der Waals surface area contributed by atoms with Gasteiger partial charge in [-0.1, -0.05) is 96.1 Å². The van der Waals surface area contributed by atoms with Crippen LogP contribution >= 0.6 is 0 Å². The van der Waals surface area contributed by atoms with Crippen molar-refractivity contribution in [3.63, 3.8) is 0 Å². The van der Waals surface area contributed by atoms with E-state index in [-0.39, 0.29) is 30.4 Å². The number of hydrogen-bond acceptors (Lipinski definition) is 6. The highest BCUT2D eigenvalue weighted by Crippen LogP contribution is 2.34. The predicted molar refractivity (Wildman–Crippen MR) is 174 cm³/mol.